The van der Waals surface area contributed by atoms with E-state index in [4.69, 9.17) is 24.4 Å². The second-order valence-corrected chi connectivity index (χ2v) is 20.2. The first-order valence-electron chi connectivity index (χ1n) is 26.4. The first kappa shape index (κ1) is 42.8. The Morgan fingerprint density at radius 2 is 0.705 bits per heavy atom. The van der Waals surface area contributed by atoms with E-state index in [1.807, 2.05) is 30.3 Å². The molecule has 0 unspecified atom stereocenters. The third kappa shape index (κ3) is 6.15. The number of nitrogens with zero attached hydrogens (tertiary/aromatic N) is 6. The summed E-state index contributed by atoms with van der Waals surface area (Å²) in [6.45, 7) is -0.0121. The molecule has 2 aliphatic heterocycles. The van der Waals surface area contributed by atoms with Gasteiger partial charge in [0.2, 0.25) is 0 Å². The zero-order valence-corrected chi connectivity index (χ0v) is 41.7. The third-order valence-corrected chi connectivity index (χ3v) is 16.0. The highest BCUT2D eigenvalue weighted by Crippen LogP contribution is 2.46. The van der Waals surface area contributed by atoms with Crippen LogP contribution < -0.4 is 25.9 Å². The van der Waals surface area contributed by atoms with Gasteiger partial charge in [0.15, 0.2) is 17.5 Å². The quantitative estimate of drug-likeness (QED) is 0.155. The molecule has 0 saturated heterocycles. The summed E-state index contributed by atoms with van der Waals surface area (Å²) < 4.78 is 20.8. The summed E-state index contributed by atoms with van der Waals surface area (Å²) in [7, 11) is 0. The Morgan fingerprint density at radius 1 is 0.308 bits per heavy atom. The molecule has 362 valence electrons. The molecule has 11 aromatic carbocycles. The molecule has 0 aliphatic carbocycles. The molecule has 2 aliphatic rings. The van der Waals surface area contributed by atoms with Gasteiger partial charge in [-0.15, -0.1) is 0 Å². The van der Waals surface area contributed by atoms with Crippen LogP contribution in [0.15, 0.2) is 249 Å². The van der Waals surface area contributed by atoms with Crippen molar-refractivity contribution < 1.29 is 9.47 Å². The summed E-state index contributed by atoms with van der Waals surface area (Å²) in [5, 5.41) is 6.98. The highest BCUT2D eigenvalue weighted by Gasteiger charge is 2.40. The number of hydrogen-bond acceptors (Lipinski definition) is 5. The average Bonchev–Trinajstić information content (AvgIpc) is 4.27. The molecule has 17 rings (SSSR count). The molecular weight excluding hydrogens is 956 g/mol. The summed E-state index contributed by atoms with van der Waals surface area (Å²) in [6, 6.07) is 87.6. The van der Waals surface area contributed by atoms with Crippen LogP contribution in [0.4, 0.5) is 0 Å². The van der Waals surface area contributed by atoms with Crippen molar-refractivity contribution in [3.63, 3.8) is 0 Å². The lowest BCUT2D eigenvalue weighted by atomic mass is 9.35. The van der Waals surface area contributed by atoms with Crippen molar-refractivity contribution in [2.24, 2.45) is 0 Å². The molecule has 0 N–H and O–H groups in total. The van der Waals surface area contributed by atoms with E-state index < -0.39 is 0 Å². The molecule has 0 spiro atoms. The van der Waals surface area contributed by atoms with Gasteiger partial charge in [0.1, 0.15) is 23.0 Å². The standard InChI is InChI=1S/C69H41BN6O2/c1-2-20-42(21-3-1)67-71-68(48-26-8-16-34-56(48)75-52-30-12-4-22-44(52)45-23-5-13-31-53(45)75)73-69(72-67)49-27-9-17-35-57(49)76-55-33-15-7-25-47(55)65-59(76)39-38-58-64(65)46-24-6-14-32-54(46)74(58)43-40-62-66-63(41-43)78-61-37-19-11-29-51(61)70(66)50-28-10-18-36-60(50)77-62/h1-41H. The Bertz CT molecular complexity index is 4890. The first-order valence-corrected chi connectivity index (χ1v) is 26.4. The molecule has 0 fully saturated rings. The molecule has 78 heavy (non-hydrogen) atoms. The van der Waals surface area contributed by atoms with Crippen molar-refractivity contribution in [1.82, 2.24) is 28.7 Å². The van der Waals surface area contributed by atoms with Gasteiger partial charge in [-0.25, -0.2) is 15.0 Å². The SMILES string of the molecule is c1ccc(-c2nc(-c3ccccc3-n3c4ccccc4c4ccccc43)nc(-c3ccccc3-n3c4ccccc4c4c5c6ccccc6n(-c6cc7c8c(c6)Oc6ccccc6B8c6ccccc6O7)c5ccc43)n2)cc1. The summed E-state index contributed by atoms with van der Waals surface area (Å²) >= 11 is 0. The van der Waals surface area contributed by atoms with Gasteiger partial charge in [-0.1, -0.05) is 164 Å². The molecule has 0 amide bonds. The van der Waals surface area contributed by atoms with Gasteiger partial charge in [-0.3, -0.25) is 0 Å². The van der Waals surface area contributed by atoms with Gasteiger partial charge in [0, 0.05) is 66.6 Å². The Morgan fingerprint density at radius 3 is 1.26 bits per heavy atom. The zero-order chi connectivity index (χ0) is 51.0. The van der Waals surface area contributed by atoms with E-state index in [1.54, 1.807) is 0 Å². The topological polar surface area (TPSA) is 71.9 Å². The molecule has 0 radical (unpaired) electrons. The average molecular weight is 997 g/mol. The van der Waals surface area contributed by atoms with E-state index in [0.717, 1.165) is 128 Å². The second kappa shape index (κ2) is 16.5. The van der Waals surface area contributed by atoms with E-state index in [1.165, 1.54) is 10.8 Å². The van der Waals surface area contributed by atoms with Crippen LogP contribution in [0.5, 0.6) is 23.0 Å². The van der Waals surface area contributed by atoms with Crippen LogP contribution >= 0.6 is 0 Å². The minimum absolute atomic E-state index is 0.0121. The normalized spacial score (nSPS) is 12.5. The van der Waals surface area contributed by atoms with Crippen LogP contribution in [0.25, 0.3) is 117 Å². The number of benzene rings is 11. The zero-order valence-electron chi connectivity index (χ0n) is 41.7. The number of ether oxygens (including phenoxy) is 2. The van der Waals surface area contributed by atoms with E-state index >= 15 is 0 Å². The van der Waals surface area contributed by atoms with Crippen molar-refractivity contribution in [3.8, 4) is 74.2 Å². The molecular formula is C69H41BN6O2. The number of aromatic nitrogens is 6. The predicted octanol–water partition coefficient (Wildman–Crippen LogP) is 14.9. The van der Waals surface area contributed by atoms with Gasteiger partial charge < -0.3 is 23.2 Å². The van der Waals surface area contributed by atoms with Crippen LogP contribution in [-0.4, -0.2) is 35.4 Å². The summed E-state index contributed by atoms with van der Waals surface area (Å²) in [4.78, 5) is 16.2. The number of rotatable bonds is 6. The monoisotopic (exact) mass is 996 g/mol. The Kier molecular flexibility index (Phi) is 9.05. The molecule has 9 heteroatoms. The molecule has 0 atom stereocenters. The molecule has 0 saturated carbocycles. The molecule has 0 bridgehead atoms. The van der Waals surface area contributed by atoms with Crippen molar-refractivity contribution in [2.45, 2.75) is 0 Å². The Hall–Kier alpha value is -10.5. The fourth-order valence-electron chi connectivity index (χ4n) is 12.8. The Labute approximate surface area is 447 Å². The summed E-state index contributed by atoms with van der Waals surface area (Å²) in [6.07, 6.45) is 0. The molecule has 8 nitrogen and oxygen atoms in total. The Balaban J connectivity index is 0.880. The van der Waals surface area contributed by atoms with Gasteiger partial charge >= 0.3 is 0 Å². The maximum absolute atomic E-state index is 6.84. The van der Waals surface area contributed by atoms with E-state index in [0.29, 0.717) is 17.5 Å². The maximum atomic E-state index is 6.84. The minimum Gasteiger partial charge on any atom is -0.458 e. The fourth-order valence-corrected chi connectivity index (χ4v) is 12.8. The maximum Gasteiger partial charge on any atom is 0.260 e. The number of fused-ring (bicyclic) bond motifs is 14. The number of hydrogen-bond donors (Lipinski definition) is 0. The fraction of sp³-hybridized carbons (Fsp3) is 0. The molecule has 6 heterocycles. The van der Waals surface area contributed by atoms with E-state index in [-0.39, 0.29) is 6.71 Å². The molecule has 15 aromatic rings. The summed E-state index contributed by atoms with van der Waals surface area (Å²) in [5.74, 6) is 5.07. The highest BCUT2D eigenvalue weighted by molar-refractivity contribution is 6.98. The largest absolute Gasteiger partial charge is 0.458 e. The predicted molar refractivity (Wildman–Crippen MR) is 317 cm³/mol. The third-order valence-electron chi connectivity index (χ3n) is 16.0. The van der Waals surface area contributed by atoms with Crippen molar-refractivity contribution >= 4 is 88.5 Å². The highest BCUT2D eigenvalue weighted by atomic mass is 16.5. The van der Waals surface area contributed by atoms with Gasteiger partial charge in [-0.05, 0) is 83.7 Å². The number of para-hydroxylation sites is 8. The minimum atomic E-state index is -0.0121. The van der Waals surface area contributed by atoms with Crippen molar-refractivity contribution in [3.05, 3.63) is 249 Å². The van der Waals surface area contributed by atoms with Crippen LogP contribution in [0.2, 0.25) is 0 Å². The molecule has 4 aromatic heterocycles. The lowest BCUT2D eigenvalue weighted by Crippen LogP contribution is -2.57. The van der Waals surface area contributed by atoms with Crippen molar-refractivity contribution in [2.75, 3.05) is 0 Å². The lowest BCUT2D eigenvalue weighted by molar-refractivity contribution is 0.464. The van der Waals surface area contributed by atoms with Gasteiger partial charge in [0.25, 0.3) is 6.71 Å². The van der Waals surface area contributed by atoms with E-state index in [9.17, 15) is 0 Å². The van der Waals surface area contributed by atoms with Gasteiger partial charge in [0.05, 0.1) is 50.2 Å². The van der Waals surface area contributed by atoms with Crippen LogP contribution in [-0.2, 0) is 0 Å². The van der Waals surface area contributed by atoms with Crippen LogP contribution in [0.3, 0.4) is 0 Å². The lowest BCUT2D eigenvalue weighted by Gasteiger charge is -2.33. The summed E-state index contributed by atoms with van der Waals surface area (Å²) in [5.41, 5.74) is 15.4. The van der Waals surface area contributed by atoms with Crippen LogP contribution in [0.1, 0.15) is 0 Å². The smallest absolute Gasteiger partial charge is 0.260 e. The second-order valence-electron chi connectivity index (χ2n) is 20.2. The van der Waals surface area contributed by atoms with Crippen molar-refractivity contribution in [1.29, 1.82) is 0 Å². The van der Waals surface area contributed by atoms with Gasteiger partial charge in [-0.2, -0.15) is 0 Å². The van der Waals surface area contributed by atoms with Crippen LogP contribution in [0, 0.1) is 0 Å². The van der Waals surface area contributed by atoms with E-state index in [2.05, 4.69) is 232 Å². The first-order chi connectivity index (χ1) is 38.7.